The summed E-state index contributed by atoms with van der Waals surface area (Å²) in [6.07, 6.45) is 0.467. The Kier molecular flexibility index (Phi) is 2.38. The van der Waals surface area contributed by atoms with Crippen molar-refractivity contribution < 1.29 is 9.18 Å². The zero-order valence-corrected chi connectivity index (χ0v) is 6.04. The van der Waals surface area contributed by atoms with Crippen LogP contribution in [-0.2, 0) is 4.79 Å². The molecule has 0 saturated carbocycles. The van der Waals surface area contributed by atoms with Gasteiger partial charge in [0, 0.05) is 5.69 Å². The second-order valence-corrected chi connectivity index (χ2v) is 2.07. The highest BCUT2D eigenvalue weighted by Gasteiger charge is 2.00. The number of benzene rings is 1. The number of nitriles is 1. The van der Waals surface area contributed by atoms with Gasteiger partial charge in [-0.3, -0.25) is 4.79 Å². The van der Waals surface area contributed by atoms with Gasteiger partial charge in [0.15, 0.2) is 0 Å². The van der Waals surface area contributed by atoms with Gasteiger partial charge < -0.3 is 5.32 Å². The summed E-state index contributed by atoms with van der Waals surface area (Å²) in [6, 6.07) is 5.44. The summed E-state index contributed by atoms with van der Waals surface area (Å²) in [5.74, 6) is -0.589. The van der Waals surface area contributed by atoms with E-state index in [1.54, 1.807) is 6.07 Å². The van der Waals surface area contributed by atoms with E-state index in [1.165, 1.54) is 12.1 Å². The Morgan fingerprint density at radius 2 is 2.33 bits per heavy atom. The van der Waals surface area contributed by atoms with E-state index in [1.807, 2.05) is 0 Å². The molecule has 0 radical (unpaired) electrons. The molecule has 1 amide bonds. The third-order valence-electron chi connectivity index (χ3n) is 1.31. The van der Waals surface area contributed by atoms with Gasteiger partial charge >= 0.3 is 0 Å². The van der Waals surface area contributed by atoms with Crippen molar-refractivity contribution in [3.63, 3.8) is 0 Å². The van der Waals surface area contributed by atoms with Crippen LogP contribution in [0.4, 0.5) is 10.1 Å². The molecule has 3 nitrogen and oxygen atoms in total. The molecule has 60 valence electrons. The standard InChI is InChI=1S/C8H5FN2O/c9-8-2-1-7(11-5-12)3-6(8)4-10/h1-3,5H,(H,11,12). The van der Waals surface area contributed by atoms with Crippen LogP contribution < -0.4 is 5.32 Å². The van der Waals surface area contributed by atoms with Gasteiger partial charge in [0.25, 0.3) is 0 Å². The Labute approximate surface area is 68.4 Å². The van der Waals surface area contributed by atoms with Crippen LogP contribution >= 0.6 is 0 Å². The Hall–Kier alpha value is -1.89. The third kappa shape index (κ3) is 1.58. The fraction of sp³-hybridized carbons (Fsp3) is 0. The molecule has 0 fully saturated rings. The zero-order valence-electron chi connectivity index (χ0n) is 6.04. The van der Waals surface area contributed by atoms with Gasteiger partial charge in [-0.2, -0.15) is 5.26 Å². The Morgan fingerprint density at radius 3 is 2.92 bits per heavy atom. The highest BCUT2D eigenvalue weighted by Crippen LogP contribution is 2.12. The summed E-state index contributed by atoms with van der Waals surface area (Å²) in [5, 5.41) is 10.7. The first kappa shape index (κ1) is 8.21. The molecule has 0 bridgehead atoms. The average molecular weight is 164 g/mol. The lowest BCUT2D eigenvalue weighted by molar-refractivity contribution is -0.105. The van der Waals surface area contributed by atoms with E-state index in [2.05, 4.69) is 5.32 Å². The minimum atomic E-state index is -0.589. The van der Waals surface area contributed by atoms with Crippen molar-refractivity contribution in [2.45, 2.75) is 0 Å². The van der Waals surface area contributed by atoms with E-state index in [0.717, 1.165) is 6.07 Å². The second-order valence-electron chi connectivity index (χ2n) is 2.07. The topological polar surface area (TPSA) is 52.9 Å². The molecule has 0 saturated heterocycles. The van der Waals surface area contributed by atoms with Crippen LogP contribution in [0.25, 0.3) is 0 Å². The van der Waals surface area contributed by atoms with E-state index in [4.69, 9.17) is 5.26 Å². The van der Waals surface area contributed by atoms with Crippen LogP contribution in [0.2, 0.25) is 0 Å². The lowest BCUT2D eigenvalue weighted by Gasteiger charge is -1.98. The van der Waals surface area contributed by atoms with Crippen molar-refractivity contribution in [2.24, 2.45) is 0 Å². The van der Waals surface area contributed by atoms with Crippen LogP contribution in [0, 0.1) is 17.1 Å². The first-order valence-electron chi connectivity index (χ1n) is 3.18. The van der Waals surface area contributed by atoms with Crippen LogP contribution in [-0.4, -0.2) is 6.41 Å². The fourth-order valence-corrected chi connectivity index (χ4v) is 0.769. The number of amides is 1. The molecule has 1 aromatic rings. The molecular weight excluding hydrogens is 159 g/mol. The molecule has 1 rings (SSSR count). The van der Waals surface area contributed by atoms with Gasteiger partial charge in [0.1, 0.15) is 11.9 Å². The first-order valence-corrected chi connectivity index (χ1v) is 3.18. The number of halogens is 1. The summed E-state index contributed by atoms with van der Waals surface area (Å²) >= 11 is 0. The van der Waals surface area contributed by atoms with Crippen molar-refractivity contribution in [1.29, 1.82) is 5.26 Å². The summed E-state index contributed by atoms with van der Waals surface area (Å²) in [4.78, 5) is 9.97. The second kappa shape index (κ2) is 3.49. The minimum absolute atomic E-state index is 0.0816. The molecule has 0 unspecified atom stereocenters. The Balaban J connectivity index is 3.07. The van der Waals surface area contributed by atoms with Crippen LogP contribution in [0.5, 0.6) is 0 Å². The van der Waals surface area contributed by atoms with Gasteiger partial charge in [-0.25, -0.2) is 4.39 Å². The minimum Gasteiger partial charge on any atom is -0.329 e. The third-order valence-corrected chi connectivity index (χ3v) is 1.31. The van der Waals surface area contributed by atoms with Crippen molar-refractivity contribution in [1.82, 2.24) is 0 Å². The Morgan fingerprint density at radius 1 is 1.58 bits per heavy atom. The van der Waals surface area contributed by atoms with Crippen molar-refractivity contribution >= 4 is 12.1 Å². The normalized spacial score (nSPS) is 8.67. The molecule has 0 aliphatic rings. The van der Waals surface area contributed by atoms with E-state index in [9.17, 15) is 9.18 Å². The largest absolute Gasteiger partial charge is 0.329 e. The first-order chi connectivity index (χ1) is 5.77. The number of carbonyl (C=O) groups is 1. The van der Waals surface area contributed by atoms with Crippen molar-refractivity contribution in [3.05, 3.63) is 29.6 Å². The summed E-state index contributed by atoms with van der Waals surface area (Å²) < 4.78 is 12.7. The molecule has 1 aromatic carbocycles. The number of hydrogen-bond acceptors (Lipinski definition) is 2. The van der Waals surface area contributed by atoms with Crippen LogP contribution in [0.3, 0.4) is 0 Å². The molecular formula is C8H5FN2O. The number of nitrogens with zero attached hydrogens (tertiary/aromatic N) is 1. The molecule has 0 aromatic heterocycles. The summed E-state index contributed by atoms with van der Waals surface area (Å²) in [6.45, 7) is 0. The molecule has 0 spiro atoms. The molecule has 4 heteroatoms. The lowest BCUT2D eigenvalue weighted by Crippen LogP contribution is -1.94. The predicted octanol–water partition coefficient (Wildman–Crippen LogP) is 1.27. The monoisotopic (exact) mass is 164 g/mol. The smallest absolute Gasteiger partial charge is 0.211 e. The quantitative estimate of drug-likeness (QED) is 0.669. The van der Waals surface area contributed by atoms with Gasteiger partial charge in [-0.05, 0) is 18.2 Å². The average Bonchev–Trinajstić information content (AvgIpc) is 2.09. The zero-order chi connectivity index (χ0) is 8.97. The predicted molar refractivity (Wildman–Crippen MR) is 40.8 cm³/mol. The summed E-state index contributed by atoms with van der Waals surface area (Å²) in [7, 11) is 0. The number of hydrogen-bond donors (Lipinski definition) is 1. The van der Waals surface area contributed by atoms with Gasteiger partial charge in [-0.15, -0.1) is 0 Å². The molecule has 0 heterocycles. The maximum atomic E-state index is 12.7. The SMILES string of the molecule is N#Cc1cc(NC=O)ccc1F. The Bertz CT molecular complexity index is 343. The lowest BCUT2D eigenvalue weighted by atomic mass is 10.2. The van der Waals surface area contributed by atoms with E-state index in [0.29, 0.717) is 12.1 Å². The number of rotatable bonds is 2. The molecule has 0 aliphatic carbocycles. The number of anilines is 1. The van der Waals surface area contributed by atoms with Crippen molar-refractivity contribution in [2.75, 3.05) is 5.32 Å². The summed E-state index contributed by atoms with van der Waals surface area (Å²) in [5.41, 5.74) is 0.324. The molecule has 0 atom stereocenters. The van der Waals surface area contributed by atoms with Gasteiger partial charge in [0.2, 0.25) is 6.41 Å². The highest BCUT2D eigenvalue weighted by atomic mass is 19.1. The van der Waals surface area contributed by atoms with Crippen LogP contribution in [0.1, 0.15) is 5.56 Å². The van der Waals surface area contributed by atoms with E-state index < -0.39 is 5.82 Å². The van der Waals surface area contributed by atoms with Crippen LogP contribution in [0.15, 0.2) is 18.2 Å². The van der Waals surface area contributed by atoms with Gasteiger partial charge in [-0.1, -0.05) is 0 Å². The highest BCUT2D eigenvalue weighted by molar-refractivity contribution is 5.71. The maximum Gasteiger partial charge on any atom is 0.211 e. The van der Waals surface area contributed by atoms with E-state index in [-0.39, 0.29) is 5.56 Å². The number of nitrogens with one attached hydrogen (secondary N) is 1. The van der Waals surface area contributed by atoms with E-state index >= 15 is 0 Å². The molecule has 12 heavy (non-hydrogen) atoms. The maximum absolute atomic E-state index is 12.7. The fourth-order valence-electron chi connectivity index (χ4n) is 0.769. The van der Waals surface area contributed by atoms with Crippen molar-refractivity contribution in [3.8, 4) is 6.07 Å². The number of carbonyl (C=O) groups excluding carboxylic acids is 1. The van der Waals surface area contributed by atoms with Gasteiger partial charge in [0.05, 0.1) is 5.56 Å². The molecule has 1 N–H and O–H groups in total. The molecule has 0 aliphatic heterocycles.